The van der Waals surface area contributed by atoms with Crippen molar-refractivity contribution in [2.45, 2.75) is 83.5 Å². The molecular formula is C46H50ClN2Na2O6S2+. The van der Waals surface area contributed by atoms with E-state index in [1.54, 1.807) is 0 Å². The second-order valence-electron chi connectivity index (χ2n) is 16.5. The van der Waals surface area contributed by atoms with Crippen LogP contribution in [0.25, 0.3) is 21.5 Å². The molecule has 300 valence electrons. The fraction of sp³-hybridized carbons (Fsp3) is 0.370. The molecule has 4 aromatic rings. The molecule has 4 aromatic carbocycles. The molecule has 0 aromatic heterocycles. The van der Waals surface area contributed by atoms with E-state index in [4.69, 9.17) is 11.6 Å². The third-order valence-corrected chi connectivity index (χ3v) is 14.0. The van der Waals surface area contributed by atoms with Crippen LogP contribution < -0.4 is 64.0 Å². The number of anilines is 1. The van der Waals surface area contributed by atoms with Crippen LogP contribution in [0.1, 0.15) is 83.8 Å². The number of fused-ring (bicyclic) bond motifs is 6. The van der Waals surface area contributed by atoms with E-state index in [1.165, 1.54) is 21.9 Å². The molecule has 0 radical (unpaired) electrons. The van der Waals surface area contributed by atoms with Crippen LogP contribution in [0.15, 0.2) is 119 Å². The first kappa shape index (κ1) is 48.0. The normalized spacial score (nSPS) is 18.9. The molecule has 2 heterocycles. The molecule has 0 saturated carbocycles. The Morgan fingerprint density at radius 2 is 1.31 bits per heavy atom. The summed E-state index contributed by atoms with van der Waals surface area (Å²) < 4.78 is 70.6. The Kier molecular flexibility index (Phi) is 15.6. The van der Waals surface area contributed by atoms with Crippen LogP contribution in [0.2, 0.25) is 0 Å². The zero-order valence-electron chi connectivity index (χ0n) is 35.1. The van der Waals surface area contributed by atoms with Gasteiger partial charge in [0.25, 0.3) is 0 Å². The van der Waals surface area contributed by atoms with Gasteiger partial charge in [-0.25, -0.2) is 16.8 Å². The largest absolute Gasteiger partial charge is 1.00 e. The van der Waals surface area contributed by atoms with Crippen LogP contribution in [-0.4, -0.2) is 60.8 Å². The molecule has 3 aliphatic rings. The summed E-state index contributed by atoms with van der Waals surface area (Å²) in [5.74, 6) is -0.756. The standard InChI is InChI=1S/C46H51ClN2O6S2.2Na/c1-45(2)40(48(28-9-11-30-56(50,51)52)38-24-20-32-14-5-7-18-36(32)42(38)45)26-22-34-16-13-17-35(44(34)47)23-27-41-46(3,4)43-37-19-8-6-15-33(37)21-25-39(43)49(41)29-10-12-31-57(53,54)55;;/h5-8,14-15,18-27H,9-13,16-17,28-31H2,1-4H3,(H-,50,51,52,53,54,55);;/q;2*+1/p-1. The molecule has 0 N–H and O–H groups in total. The molecule has 8 nitrogen and oxygen atoms in total. The number of benzene rings is 4. The van der Waals surface area contributed by atoms with E-state index in [2.05, 4.69) is 122 Å². The van der Waals surface area contributed by atoms with Gasteiger partial charge in [0, 0.05) is 64.0 Å². The zero-order valence-corrected chi connectivity index (χ0v) is 41.4. The number of hydrogen-bond acceptors (Lipinski definition) is 7. The summed E-state index contributed by atoms with van der Waals surface area (Å²) in [5.41, 5.74) is 8.17. The topological polar surface area (TPSA) is 121 Å². The fourth-order valence-corrected chi connectivity index (χ4v) is 10.6. The van der Waals surface area contributed by atoms with Crippen LogP contribution >= 0.6 is 11.6 Å². The number of rotatable bonds is 13. The first-order valence-electron chi connectivity index (χ1n) is 19.8. The van der Waals surface area contributed by atoms with E-state index in [0.717, 1.165) is 69.0 Å². The maximum Gasteiger partial charge on any atom is 1.00 e. The summed E-state index contributed by atoms with van der Waals surface area (Å²) in [6.45, 7) is 10.1. The summed E-state index contributed by atoms with van der Waals surface area (Å²) in [6, 6.07) is 25.3. The molecule has 7 rings (SSSR count). The van der Waals surface area contributed by atoms with Gasteiger partial charge in [-0.3, -0.25) is 0 Å². The third kappa shape index (κ3) is 10.3. The second kappa shape index (κ2) is 19.1. The van der Waals surface area contributed by atoms with E-state index < -0.39 is 20.2 Å². The minimum absolute atomic E-state index is 0. The Balaban J connectivity index is 0.00000331. The molecule has 0 spiro atoms. The quantitative estimate of drug-likeness (QED) is 0.0867. The van der Waals surface area contributed by atoms with Crippen molar-refractivity contribution in [2.24, 2.45) is 0 Å². The molecule has 2 aliphatic heterocycles. The van der Waals surface area contributed by atoms with Crippen molar-refractivity contribution in [1.29, 1.82) is 0 Å². The van der Waals surface area contributed by atoms with Gasteiger partial charge in [-0.05, 0) is 109 Å². The van der Waals surface area contributed by atoms with Crippen molar-refractivity contribution in [3.05, 3.63) is 130 Å². The van der Waals surface area contributed by atoms with Gasteiger partial charge in [-0.15, -0.1) is 0 Å². The Morgan fingerprint density at radius 1 is 0.712 bits per heavy atom. The zero-order chi connectivity index (χ0) is 40.8. The summed E-state index contributed by atoms with van der Waals surface area (Å²) in [7, 11) is -8.57. The van der Waals surface area contributed by atoms with Crippen LogP contribution in [0.3, 0.4) is 0 Å². The molecule has 0 bridgehead atoms. The number of unbranched alkanes of at least 4 members (excludes halogenated alkanes) is 2. The Hall–Kier alpha value is -2.06. The van der Waals surface area contributed by atoms with Gasteiger partial charge in [0.05, 0.1) is 25.7 Å². The van der Waals surface area contributed by atoms with Crippen molar-refractivity contribution in [3.8, 4) is 0 Å². The van der Waals surface area contributed by atoms with Crippen LogP contribution in [0, 0.1) is 0 Å². The van der Waals surface area contributed by atoms with E-state index in [-0.39, 0.29) is 81.5 Å². The molecule has 0 atom stereocenters. The molecule has 0 fully saturated rings. The van der Waals surface area contributed by atoms with Crippen molar-refractivity contribution < 1.29 is 89.6 Å². The molecule has 1 aliphatic carbocycles. The van der Waals surface area contributed by atoms with Crippen LogP contribution in [0.5, 0.6) is 0 Å². The van der Waals surface area contributed by atoms with Crippen molar-refractivity contribution in [1.82, 2.24) is 0 Å². The molecule has 0 amide bonds. The predicted octanol–water partition coefficient (Wildman–Crippen LogP) is 3.87. The SMILES string of the molecule is CC1(C)C(/C=C/C2=C(Cl)C(=C/C=C3/N(CCCCS(=O)(=O)[O-])c4ccc5ccccc5c4C3(C)C)/CCC2)=[N+](CCCCS(=O)(=O)[O-])c2ccc3ccccc3c21.[Na+].[Na+]. The second-order valence-corrected chi connectivity index (χ2v) is 19.9. The minimum Gasteiger partial charge on any atom is -0.748 e. The van der Waals surface area contributed by atoms with Gasteiger partial charge in [0.15, 0.2) is 5.71 Å². The summed E-state index contributed by atoms with van der Waals surface area (Å²) in [6.07, 6.45) is 12.9. The maximum atomic E-state index is 11.4. The van der Waals surface area contributed by atoms with Gasteiger partial charge >= 0.3 is 59.1 Å². The smallest absolute Gasteiger partial charge is 0.748 e. The average molecular weight is 872 g/mol. The van der Waals surface area contributed by atoms with Gasteiger partial charge < -0.3 is 14.0 Å². The molecule has 0 unspecified atom stereocenters. The Labute approximate surface area is 399 Å². The molecule has 13 heteroatoms. The monoisotopic (exact) mass is 871 g/mol. The maximum absolute atomic E-state index is 11.4. The number of hydrogen-bond donors (Lipinski definition) is 0. The molecule has 59 heavy (non-hydrogen) atoms. The number of allylic oxidation sites excluding steroid dienone is 8. The number of nitrogens with zero attached hydrogens (tertiary/aromatic N) is 2. The van der Waals surface area contributed by atoms with Gasteiger partial charge in [0.2, 0.25) is 5.69 Å². The minimum atomic E-state index is -4.29. The van der Waals surface area contributed by atoms with Crippen molar-refractivity contribution in [2.75, 3.05) is 29.5 Å². The van der Waals surface area contributed by atoms with E-state index in [1.807, 2.05) is 12.1 Å². The van der Waals surface area contributed by atoms with E-state index >= 15 is 0 Å². The van der Waals surface area contributed by atoms with Crippen molar-refractivity contribution >= 4 is 70.5 Å². The van der Waals surface area contributed by atoms with Crippen molar-refractivity contribution in [3.63, 3.8) is 0 Å². The Morgan fingerprint density at radius 3 is 1.95 bits per heavy atom. The summed E-state index contributed by atoms with van der Waals surface area (Å²) in [4.78, 5) is 2.28. The summed E-state index contributed by atoms with van der Waals surface area (Å²) in [5, 5.41) is 5.40. The van der Waals surface area contributed by atoms with E-state index in [9.17, 15) is 25.9 Å². The van der Waals surface area contributed by atoms with Gasteiger partial charge in [-0.2, -0.15) is 4.58 Å². The van der Waals surface area contributed by atoms with Gasteiger partial charge in [0.1, 0.15) is 6.54 Å². The summed E-state index contributed by atoms with van der Waals surface area (Å²) >= 11 is 7.28. The van der Waals surface area contributed by atoms with Crippen LogP contribution in [-0.2, 0) is 31.1 Å². The average Bonchev–Trinajstić information content (AvgIpc) is 3.51. The predicted molar refractivity (Wildman–Crippen MR) is 231 cm³/mol. The Bertz CT molecular complexity index is 2650. The first-order valence-corrected chi connectivity index (χ1v) is 23.3. The molecule has 0 saturated heterocycles. The van der Waals surface area contributed by atoms with E-state index in [0.29, 0.717) is 38.8 Å². The van der Waals surface area contributed by atoms with Crippen LogP contribution in [0.4, 0.5) is 11.4 Å². The first-order chi connectivity index (χ1) is 27.0. The fourth-order valence-electron chi connectivity index (χ4n) is 9.22. The van der Waals surface area contributed by atoms with Gasteiger partial charge in [-0.1, -0.05) is 92.2 Å². The number of halogens is 1. The third-order valence-electron chi connectivity index (χ3n) is 11.9. The molecular weight excluding hydrogens is 822 g/mol.